The number of amides is 1. The molecule has 0 bridgehead atoms. The van der Waals surface area contributed by atoms with E-state index in [1.807, 2.05) is 37.4 Å². The third kappa shape index (κ3) is 4.19. The Bertz CT molecular complexity index is 1050. The average Bonchev–Trinajstić information content (AvgIpc) is 3.16. The Morgan fingerprint density at radius 1 is 1.03 bits per heavy atom. The molecule has 3 aromatic rings. The van der Waals surface area contributed by atoms with Gasteiger partial charge < -0.3 is 9.80 Å². The Kier molecular flexibility index (Phi) is 5.43. The van der Waals surface area contributed by atoms with E-state index in [-0.39, 0.29) is 5.91 Å². The fourth-order valence-electron chi connectivity index (χ4n) is 4.79. The fraction of sp³-hybridized carbons (Fsp3) is 0.308. The lowest BCUT2D eigenvalue weighted by atomic mass is 10.1. The number of carbonyl (C=O) groups is 1. The Morgan fingerprint density at radius 3 is 2.48 bits per heavy atom. The van der Waals surface area contributed by atoms with Crippen LogP contribution in [0.15, 0.2) is 72.9 Å². The van der Waals surface area contributed by atoms with Crippen molar-refractivity contribution in [2.24, 2.45) is 0 Å². The molecule has 5 rings (SSSR count). The Hall–Kier alpha value is -3.18. The van der Waals surface area contributed by atoms with Crippen molar-refractivity contribution in [1.82, 2.24) is 14.8 Å². The van der Waals surface area contributed by atoms with Crippen LogP contribution >= 0.6 is 0 Å². The molecule has 0 spiro atoms. The van der Waals surface area contributed by atoms with E-state index in [1.165, 1.54) is 11.1 Å². The first-order chi connectivity index (χ1) is 15.2. The molecular weight excluding hydrogens is 384 g/mol. The summed E-state index contributed by atoms with van der Waals surface area (Å²) in [6, 6.07) is 23.3. The second kappa shape index (κ2) is 8.52. The van der Waals surface area contributed by atoms with Gasteiger partial charge in [0.15, 0.2) is 0 Å². The minimum atomic E-state index is 0.0229. The normalized spacial score (nSPS) is 17.8. The first-order valence-electron chi connectivity index (χ1n) is 11.0. The van der Waals surface area contributed by atoms with Gasteiger partial charge in [0.2, 0.25) is 0 Å². The minimum Gasteiger partial charge on any atom is -0.350 e. The van der Waals surface area contributed by atoms with Crippen LogP contribution in [0.25, 0.3) is 0 Å². The highest BCUT2D eigenvalue weighted by molar-refractivity contribution is 5.94. The molecule has 0 radical (unpaired) electrons. The van der Waals surface area contributed by atoms with Crippen LogP contribution in [0.1, 0.15) is 27.0 Å². The number of anilines is 1. The zero-order chi connectivity index (χ0) is 21.2. The van der Waals surface area contributed by atoms with E-state index in [0.717, 1.165) is 44.0 Å². The number of pyridine rings is 1. The summed E-state index contributed by atoms with van der Waals surface area (Å²) in [5, 5.41) is 0. The van der Waals surface area contributed by atoms with Gasteiger partial charge in [0.25, 0.3) is 5.91 Å². The molecule has 5 nitrogen and oxygen atoms in total. The van der Waals surface area contributed by atoms with Crippen molar-refractivity contribution in [3.63, 3.8) is 0 Å². The van der Waals surface area contributed by atoms with Crippen LogP contribution in [-0.2, 0) is 19.5 Å². The summed E-state index contributed by atoms with van der Waals surface area (Å²) >= 11 is 0. The number of piperazine rings is 1. The van der Waals surface area contributed by atoms with E-state index in [2.05, 4.69) is 46.2 Å². The van der Waals surface area contributed by atoms with Crippen LogP contribution in [0.5, 0.6) is 0 Å². The van der Waals surface area contributed by atoms with Gasteiger partial charge in [0.1, 0.15) is 5.82 Å². The summed E-state index contributed by atoms with van der Waals surface area (Å²) in [6.07, 6.45) is 2.71. The molecule has 1 amide bonds. The SMILES string of the molecule is CN(Cc1ccccc1)C(=O)c1cnc2c(c1)CC1CN(Cc3ccccc3)CCN21. The van der Waals surface area contributed by atoms with Crippen LogP contribution in [-0.4, -0.2) is 53.4 Å². The Balaban J connectivity index is 1.26. The molecule has 1 fully saturated rings. The van der Waals surface area contributed by atoms with Crippen molar-refractivity contribution >= 4 is 11.7 Å². The molecule has 0 saturated carbocycles. The first kappa shape index (κ1) is 19.8. The molecule has 1 saturated heterocycles. The second-order valence-corrected chi connectivity index (χ2v) is 8.63. The quantitative estimate of drug-likeness (QED) is 0.642. The highest BCUT2D eigenvalue weighted by Gasteiger charge is 2.35. The molecule has 1 unspecified atom stereocenters. The smallest absolute Gasteiger partial charge is 0.255 e. The van der Waals surface area contributed by atoms with Crippen LogP contribution in [0.3, 0.4) is 0 Å². The summed E-state index contributed by atoms with van der Waals surface area (Å²) < 4.78 is 0. The summed E-state index contributed by atoms with van der Waals surface area (Å²) in [4.78, 5) is 24.4. The molecule has 31 heavy (non-hydrogen) atoms. The molecule has 2 aliphatic heterocycles. The van der Waals surface area contributed by atoms with Gasteiger partial charge >= 0.3 is 0 Å². The third-order valence-corrected chi connectivity index (χ3v) is 6.34. The lowest BCUT2D eigenvalue weighted by molar-refractivity contribution is 0.0784. The summed E-state index contributed by atoms with van der Waals surface area (Å²) in [6.45, 7) is 4.64. The number of fused-ring (bicyclic) bond motifs is 3. The van der Waals surface area contributed by atoms with Crippen molar-refractivity contribution in [2.45, 2.75) is 25.6 Å². The third-order valence-electron chi connectivity index (χ3n) is 6.34. The lowest BCUT2D eigenvalue weighted by Crippen LogP contribution is -2.51. The fourth-order valence-corrected chi connectivity index (χ4v) is 4.79. The van der Waals surface area contributed by atoms with Gasteiger partial charge in [-0.05, 0) is 29.2 Å². The highest BCUT2D eigenvalue weighted by atomic mass is 16.2. The lowest BCUT2D eigenvalue weighted by Gasteiger charge is -2.38. The number of nitrogens with zero attached hydrogens (tertiary/aromatic N) is 4. The standard InChI is InChI=1S/C26H28N4O/c1-28(17-20-8-4-2-5-9-20)26(31)23-14-22-15-24-19-29(18-21-10-6-3-7-11-21)12-13-30(24)25(22)27-16-23/h2-11,14,16,24H,12-13,15,17-19H2,1H3. The maximum atomic E-state index is 13.0. The van der Waals surface area contributed by atoms with Crippen molar-refractivity contribution in [3.05, 3.63) is 95.2 Å². The minimum absolute atomic E-state index is 0.0229. The molecule has 158 valence electrons. The van der Waals surface area contributed by atoms with Crippen LogP contribution in [0, 0.1) is 0 Å². The van der Waals surface area contributed by atoms with Crippen LogP contribution in [0.2, 0.25) is 0 Å². The van der Waals surface area contributed by atoms with E-state index in [0.29, 0.717) is 18.2 Å². The van der Waals surface area contributed by atoms with E-state index in [4.69, 9.17) is 4.98 Å². The predicted molar refractivity (Wildman–Crippen MR) is 123 cm³/mol. The first-order valence-corrected chi connectivity index (χ1v) is 11.0. The molecule has 0 N–H and O–H groups in total. The van der Waals surface area contributed by atoms with Crippen LogP contribution in [0.4, 0.5) is 5.82 Å². The van der Waals surface area contributed by atoms with Gasteiger partial charge in [-0.3, -0.25) is 9.69 Å². The largest absolute Gasteiger partial charge is 0.350 e. The predicted octanol–water partition coefficient (Wildman–Crippen LogP) is 3.60. The van der Waals surface area contributed by atoms with Gasteiger partial charge in [-0.1, -0.05) is 60.7 Å². The van der Waals surface area contributed by atoms with Gasteiger partial charge in [-0.15, -0.1) is 0 Å². The zero-order valence-corrected chi connectivity index (χ0v) is 17.9. The maximum Gasteiger partial charge on any atom is 0.255 e. The Labute approximate surface area is 183 Å². The zero-order valence-electron chi connectivity index (χ0n) is 17.9. The molecule has 1 aromatic heterocycles. The summed E-state index contributed by atoms with van der Waals surface area (Å²) in [5.41, 5.74) is 4.37. The van der Waals surface area contributed by atoms with E-state index >= 15 is 0 Å². The van der Waals surface area contributed by atoms with Gasteiger partial charge in [-0.25, -0.2) is 4.98 Å². The van der Waals surface area contributed by atoms with Gasteiger partial charge in [-0.2, -0.15) is 0 Å². The topological polar surface area (TPSA) is 39.7 Å². The monoisotopic (exact) mass is 412 g/mol. The summed E-state index contributed by atoms with van der Waals surface area (Å²) in [5.74, 6) is 1.08. The van der Waals surface area contributed by atoms with Gasteiger partial charge in [0, 0.05) is 52.0 Å². The maximum absolute atomic E-state index is 13.0. The molecule has 1 atom stereocenters. The van der Waals surface area contributed by atoms with Crippen LogP contribution < -0.4 is 4.90 Å². The van der Waals surface area contributed by atoms with Crippen molar-refractivity contribution in [3.8, 4) is 0 Å². The number of aromatic nitrogens is 1. The van der Waals surface area contributed by atoms with E-state index in [1.54, 1.807) is 11.1 Å². The molecule has 2 aromatic carbocycles. The molecule has 5 heteroatoms. The molecule has 2 aliphatic rings. The summed E-state index contributed by atoms with van der Waals surface area (Å²) in [7, 11) is 1.85. The van der Waals surface area contributed by atoms with Crippen molar-refractivity contribution < 1.29 is 4.79 Å². The van der Waals surface area contributed by atoms with E-state index < -0.39 is 0 Å². The number of rotatable bonds is 5. The van der Waals surface area contributed by atoms with Crippen molar-refractivity contribution in [2.75, 3.05) is 31.6 Å². The van der Waals surface area contributed by atoms with Crippen molar-refractivity contribution in [1.29, 1.82) is 0 Å². The second-order valence-electron chi connectivity index (χ2n) is 8.63. The number of benzene rings is 2. The number of hydrogen-bond donors (Lipinski definition) is 0. The average molecular weight is 413 g/mol. The number of carbonyl (C=O) groups excluding carboxylic acids is 1. The number of hydrogen-bond acceptors (Lipinski definition) is 4. The molecular formula is C26H28N4O. The Morgan fingerprint density at radius 2 is 1.74 bits per heavy atom. The molecule has 3 heterocycles. The highest BCUT2D eigenvalue weighted by Crippen LogP contribution is 2.33. The molecule has 0 aliphatic carbocycles. The van der Waals surface area contributed by atoms with Gasteiger partial charge in [0.05, 0.1) is 5.56 Å². The van der Waals surface area contributed by atoms with E-state index in [9.17, 15) is 4.79 Å².